The summed E-state index contributed by atoms with van der Waals surface area (Å²) in [5.74, 6) is 2.75. The Bertz CT molecular complexity index is 556. The van der Waals surface area contributed by atoms with E-state index in [4.69, 9.17) is 6.42 Å². The second kappa shape index (κ2) is 4.24. The normalized spacial score (nSPS) is 9.81. The fourth-order valence-electron chi connectivity index (χ4n) is 1.88. The van der Waals surface area contributed by atoms with Crippen molar-refractivity contribution < 1.29 is 0 Å². The summed E-state index contributed by atoms with van der Waals surface area (Å²) in [6.45, 7) is 4.19. The van der Waals surface area contributed by atoms with Gasteiger partial charge in [0.05, 0.1) is 0 Å². The Morgan fingerprint density at radius 1 is 0.938 bits per heavy atom. The van der Waals surface area contributed by atoms with E-state index in [1.165, 1.54) is 16.7 Å². The van der Waals surface area contributed by atoms with Crippen LogP contribution in [-0.2, 0) is 0 Å². The lowest BCUT2D eigenvalue weighted by atomic mass is 9.95. The van der Waals surface area contributed by atoms with Crippen molar-refractivity contribution in [3.05, 3.63) is 59.2 Å². The minimum Gasteiger partial charge on any atom is -0.115 e. The van der Waals surface area contributed by atoms with Crippen molar-refractivity contribution >= 4 is 0 Å². The van der Waals surface area contributed by atoms with Crippen LogP contribution in [0.15, 0.2) is 42.5 Å². The van der Waals surface area contributed by atoms with Crippen molar-refractivity contribution in [2.45, 2.75) is 13.8 Å². The van der Waals surface area contributed by atoms with Gasteiger partial charge in [0.15, 0.2) is 0 Å². The zero-order valence-corrected chi connectivity index (χ0v) is 9.62. The number of terminal acetylenes is 1. The van der Waals surface area contributed by atoms with E-state index in [0.717, 1.165) is 11.1 Å². The second-order valence-corrected chi connectivity index (χ2v) is 4.01. The molecule has 0 aliphatic carbocycles. The first-order valence-electron chi connectivity index (χ1n) is 5.35. The third-order valence-electron chi connectivity index (χ3n) is 2.77. The van der Waals surface area contributed by atoms with Crippen LogP contribution in [0.3, 0.4) is 0 Å². The van der Waals surface area contributed by atoms with E-state index < -0.39 is 0 Å². The summed E-state index contributed by atoms with van der Waals surface area (Å²) in [5, 5.41) is 0. The van der Waals surface area contributed by atoms with Gasteiger partial charge < -0.3 is 0 Å². The van der Waals surface area contributed by atoms with Gasteiger partial charge in [-0.15, -0.1) is 6.42 Å². The van der Waals surface area contributed by atoms with Gasteiger partial charge >= 0.3 is 0 Å². The Labute approximate surface area is 96.9 Å². The van der Waals surface area contributed by atoms with E-state index in [0.29, 0.717) is 0 Å². The summed E-state index contributed by atoms with van der Waals surface area (Å²) in [6.07, 6.45) is 5.54. The Kier molecular flexibility index (Phi) is 2.79. The number of hydrogen-bond donors (Lipinski definition) is 0. The fraction of sp³-hybridized carbons (Fsp3) is 0.125. The molecule has 0 amide bonds. The molecule has 2 aromatic rings. The quantitative estimate of drug-likeness (QED) is 0.620. The van der Waals surface area contributed by atoms with E-state index in [1.54, 1.807) is 0 Å². The molecule has 2 aromatic carbocycles. The molecule has 0 nitrogen and oxygen atoms in total. The van der Waals surface area contributed by atoms with E-state index in [9.17, 15) is 0 Å². The molecule has 2 rings (SSSR count). The summed E-state index contributed by atoms with van der Waals surface area (Å²) in [4.78, 5) is 0. The highest BCUT2D eigenvalue weighted by Gasteiger charge is 2.05. The molecule has 16 heavy (non-hydrogen) atoms. The molecular weight excluding hydrogens is 192 g/mol. The lowest BCUT2D eigenvalue weighted by Gasteiger charge is -2.09. The van der Waals surface area contributed by atoms with E-state index in [2.05, 4.69) is 44.0 Å². The van der Waals surface area contributed by atoms with Crippen molar-refractivity contribution in [3.63, 3.8) is 0 Å². The highest BCUT2D eigenvalue weighted by atomic mass is 14.1. The summed E-state index contributed by atoms with van der Waals surface area (Å²) in [5.41, 5.74) is 5.82. The molecule has 0 heteroatoms. The summed E-state index contributed by atoms with van der Waals surface area (Å²) in [6, 6.07) is 14.5. The molecule has 0 N–H and O–H groups in total. The van der Waals surface area contributed by atoms with Crippen molar-refractivity contribution in [1.29, 1.82) is 0 Å². The molecule has 0 aromatic heterocycles. The van der Waals surface area contributed by atoms with Gasteiger partial charge in [-0.3, -0.25) is 0 Å². The smallest absolute Gasteiger partial charge is 0.0321 e. The maximum atomic E-state index is 5.54. The third kappa shape index (κ3) is 1.85. The average molecular weight is 206 g/mol. The van der Waals surface area contributed by atoms with Gasteiger partial charge in [0.25, 0.3) is 0 Å². The van der Waals surface area contributed by atoms with Crippen LogP contribution in [0.5, 0.6) is 0 Å². The Hall–Kier alpha value is -2.00. The molecule has 0 bridgehead atoms. The minimum atomic E-state index is 0.958. The van der Waals surface area contributed by atoms with Crippen molar-refractivity contribution in [3.8, 4) is 23.5 Å². The molecule has 0 saturated carbocycles. The Morgan fingerprint density at radius 3 is 2.38 bits per heavy atom. The van der Waals surface area contributed by atoms with Crippen molar-refractivity contribution in [1.82, 2.24) is 0 Å². The predicted octanol–water partition coefficient (Wildman–Crippen LogP) is 3.95. The van der Waals surface area contributed by atoms with Gasteiger partial charge in [0.1, 0.15) is 0 Å². The number of benzene rings is 2. The molecule has 0 aliphatic rings. The van der Waals surface area contributed by atoms with Crippen LogP contribution in [0.4, 0.5) is 0 Å². The third-order valence-corrected chi connectivity index (χ3v) is 2.77. The number of rotatable bonds is 1. The average Bonchev–Trinajstić information content (AvgIpc) is 2.29. The zero-order chi connectivity index (χ0) is 11.5. The van der Waals surface area contributed by atoms with Gasteiger partial charge in [-0.25, -0.2) is 0 Å². The van der Waals surface area contributed by atoms with E-state index >= 15 is 0 Å². The summed E-state index contributed by atoms with van der Waals surface area (Å²) < 4.78 is 0. The van der Waals surface area contributed by atoms with Crippen LogP contribution in [-0.4, -0.2) is 0 Å². The van der Waals surface area contributed by atoms with Gasteiger partial charge in [-0.1, -0.05) is 47.9 Å². The minimum absolute atomic E-state index is 0.958. The maximum absolute atomic E-state index is 5.54. The molecule has 0 fully saturated rings. The second-order valence-electron chi connectivity index (χ2n) is 4.01. The van der Waals surface area contributed by atoms with Crippen LogP contribution in [0, 0.1) is 26.2 Å². The summed E-state index contributed by atoms with van der Waals surface area (Å²) >= 11 is 0. The SMILES string of the molecule is C#Cc1ccc(C)cc1-c1ccccc1C. The molecule has 0 saturated heterocycles. The Morgan fingerprint density at radius 2 is 1.69 bits per heavy atom. The first-order valence-corrected chi connectivity index (χ1v) is 5.35. The largest absolute Gasteiger partial charge is 0.115 e. The van der Waals surface area contributed by atoms with Gasteiger partial charge in [-0.05, 0) is 36.6 Å². The first-order chi connectivity index (χ1) is 7.72. The summed E-state index contributed by atoms with van der Waals surface area (Å²) in [7, 11) is 0. The molecular formula is C16H14. The standard InChI is InChI=1S/C16H14/c1-4-14-10-9-12(2)11-16(14)15-8-6-5-7-13(15)3/h1,5-11H,2-3H3. The van der Waals surface area contributed by atoms with Crippen LogP contribution >= 0.6 is 0 Å². The van der Waals surface area contributed by atoms with E-state index in [1.807, 2.05) is 18.2 Å². The van der Waals surface area contributed by atoms with Crippen LogP contribution in [0.2, 0.25) is 0 Å². The van der Waals surface area contributed by atoms with Gasteiger partial charge in [-0.2, -0.15) is 0 Å². The number of hydrogen-bond acceptors (Lipinski definition) is 0. The molecule has 0 atom stereocenters. The van der Waals surface area contributed by atoms with E-state index in [-0.39, 0.29) is 0 Å². The van der Waals surface area contributed by atoms with Crippen LogP contribution in [0.25, 0.3) is 11.1 Å². The first kappa shape index (κ1) is 10.5. The topological polar surface area (TPSA) is 0 Å². The van der Waals surface area contributed by atoms with Crippen LogP contribution in [0.1, 0.15) is 16.7 Å². The van der Waals surface area contributed by atoms with Crippen molar-refractivity contribution in [2.24, 2.45) is 0 Å². The monoisotopic (exact) mass is 206 g/mol. The Balaban J connectivity index is 2.69. The molecule has 78 valence electrons. The molecule has 0 radical (unpaired) electrons. The molecule has 0 spiro atoms. The highest BCUT2D eigenvalue weighted by molar-refractivity contribution is 5.74. The molecule has 0 heterocycles. The highest BCUT2D eigenvalue weighted by Crippen LogP contribution is 2.27. The predicted molar refractivity (Wildman–Crippen MR) is 69.3 cm³/mol. The van der Waals surface area contributed by atoms with Crippen LogP contribution < -0.4 is 0 Å². The fourth-order valence-corrected chi connectivity index (χ4v) is 1.88. The number of aryl methyl sites for hydroxylation is 2. The van der Waals surface area contributed by atoms with Crippen molar-refractivity contribution in [2.75, 3.05) is 0 Å². The maximum Gasteiger partial charge on any atom is 0.0321 e. The lowest BCUT2D eigenvalue weighted by Crippen LogP contribution is -1.88. The zero-order valence-electron chi connectivity index (χ0n) is 9.62. The lowest BCUT2D eigenvalue weighted by molar-refractivity contribution is 1.41. The molecule has 0 aliphatic heterocycles. The van der Waals surface area contributed by atoms with Gasteiger partial charge in [0.2, 0.25) is 0 Å². The van der Waals surface area contributed by atoms with Gasteiger partial charge in [0, 0.05) is 5.56 Å². The molecule has 0 unspecified atom stereocenters.